The number of aryl methyl sites for hydroxylation is 1. The Morgan fingerprint density at radius 3 is 2.62 bits per heavy atom. The normalized spacial score (nSPS) is 21.0. The molecule has 1 N–H and O–H groups in total. The molecule has 4 rings (SSSR count). The van der Waals surface area contributed by atoms with Crippen molar-refractivity contribution in [2.75, 3.05) is 46.4 Å². The van der Waals surface area contributed by atoms with Crippen molar-refractivity contribution in [3.05, 3.63) is 47.8 Å². The third-order valence-corrected chi connectivity index (χ3v) is 6.76. The average molecular weight is 439 g/mol. The second-order valence-corrected chi connectivity index (χ2v) is 8.96. The van der Waals surface area contributed by atoms with Gasteiger partial charge >= 0.3 is 0 Å². The van der Waals surface area contributed by atoms with Gasteiger partial charge in [-0.15, -0.1) is 0 Å². The number of guanidine groups is 1. The molecular formula is C25H38N6O. The molecule has 0 radical (unpaired) electrons. The molecule has 2 aliphatic heterocycles. The Morgan fingerprint density at radius 1 is 1.19 bits per heavy atom. The number of likely N-dealkylation sites (tertiary alicyclic amines) is 2. The van der Waals surface area contributed by atoms with Crippen LogP contribution in [-0.4, -0.2) is 71.9 Å². The van der Waals surface area contributed by atoms with E-state index in [1.807, 2.05) is 17.9 Å². The summed E-state index contributed by atoms with van der Waals surface area (Å²) in [5.41, 5.74) is 2.65. The maximum Gasteiger partial charge on any atom is 0.194 e. The number of nitrogens with zero attached hydrogens (tertiary/aromatic N) is 5. The Balaban J connectivity index is 1.50. The summed E-state index contributed by atoms with van der Waals surface area (Å²) in [7, 11) is 3.71. The van der Waals surface area contributed by atoms with Gasteiger partial charge in [0.1, 0.15) is 5.75 Å². The van der Waals surface area contributed by atoms with E-state index in [1.165, 1.54) is 30.4 Å². The molecule has 0 bridgehead atoms. The summed E-state index contributed by atoms with van der Waals surface area (Å²) in [6.07, 6.45) is 9.18. The first kappa shape index (κ1) is 22.6. The number of benzene rings is 1. The third-order valence-electron chi connectivity index (χ3n) is 6.76. The molecule has 1 aromatic carbocycles. The van der Waals surface area contributed by atoms with Gasteiger partial charge in [-0.2, -0.15) is 5.10 Å². The molecule has 7 nitrogen and oxygen atoms in total. The number of piperidine rings is 1. The highest BCUT2D eigenvalue weighted by Crippen LogP contribution is 2.29. The Hall–Kier alpha value is -2.54. The summed E-state index contributed by atoms with van der Waals surface area (Å²) >= 11 is 0. The molecule has 0 spiro atoms. The number of hydrogen-bond donors (Lipinski definition) is 1. The van der Waals surface area contributed by atoms with Crippen molar-refractivity contribution in [1.29, 1.82) is 0 Å². The van der Waals surface area contributed by atoms with Crippen LogP contribution in [0.1, 0.15) is 55.7 Å². The first-order chi connectivity index (χ1) is 15.7. The molecule has 1 aromatic heterocycles. The number of ether oxygens (including phenoxy) is 1. The number of hydrogen-bond acceptors (Lipinski definition) is 4. The average Bonchev–Trinajstić information content (AvgIpc) is 3.49. The SMILES string of the molecule is CCNC(=NCC(c1ccc(OC)cc1)N1CCCCC1)N1CCC(c2cnn(C)c2)C1. The lowest BCUT2D eigenvalue weighted by molar-refractivity contribution is 0.167. The maximum absolute atomic E-state index is 5.38. The van der Waals surface area contributed by atoms with E-state index in [1.54, 1.807) is 7.11 Å². The lowest BCUT2D eigenvalue weighted by Crippen LogP contribution is -2.41. The van der Waals surface area contributed by atoms with E-state index in [2.05, 4.69) is 57.6 Å². The fourth-order valence-electron chi connectivity index (χ4n) is 4.96. The van der Waals surface area contributed by atoms with Crippen molar-refractivity contribution >= 4 is 5.96 Å². The molecule has 0 saturated carbocycles. The minimum Gasteiger partial charge on any atom is -0.497 e. The Morgan fingerprint density at radius 2 is 1.97 bits per heavy atom. The molecule has 0 aliphatic carbocycles. The zero-order valence-corrected chi connectivity index (χ0v) is 19.8. The van der Waals surface area contributed by atoms with Gasteiger partial charge in [0.15, 0.2) is 5.96 Å². The fraction of sp³-hybridized carbons (Fsp3) is 0.600. The van der Waals surface area contributed by atoms with Crippen LogP contribution in [-0.2, 0) is 7.05 Å². The molecule has 3 heterocycles. The number of aromatic nitrogens is 2. The standard InChI is InChI=1S/C25H38N6O/c1-4-26-25(31-15-12-21(19-31)22-16-28-29(2)18-22)27-17-24(30-13-6-5-7-14-30)20-8-10-23(32-3)11-9-20/h8-11,16,18,21,24H,4-7,12-15,17,19H2,1-3H3,(H,26,27). The van der Waals surface area contributed by atoms with Crippen LogP contribution >= 0.6 is 0 Å². The minimum atomic E-state index is 0.298. The van der Waals surface area contributed by atoms with E-state index < -0.39 is 0 Å². The van der Waals surface area contributed by atoms with Crippen molar-refractivity contribution in [3.63, 3.8) is 0 Å². The van der Waals surface area contributed by atoms with Gasteiger partial charge in [-0.3, -0.25) is 14.6 Å². The molecule has 7 heteroatoms. The predicted molar refractivity (Wildman–Crippen MR) is 129 cm³/mol. The van der Waals surface area contributed by atoms with E-state index in [0.29, 0.717) is 12.0 Å². The molecule has 2 fully saturated rings. The molecule has 2 atom stereocenters. The van der Waals surface area contributed by atoms with E-state index in [-0.39, 0.29) is 0 Å². The molecule has 2 unspecified atom stereocenters. The van der Waals surface area contributed by atoms with Gasteiger partial charge in [0, 0.05) is 38.8 Å². The van der Waals surface area contributed by atoms with E-state index in [9.17, 15) is 0 Å². The molecule has 32 heavy (non-hydrogen) atoms. The van der Waals surface area contributed by atoms with Gasteiger partial charge in [-0.05, 0) is 62.5 Å². The maximum atomic E-state index is 5.38. The van der Waals surface area contributed by atoms with Gasteiger partial charge in [0.2, 0.25) is 0 Å². The molecule has 2 aliphatic rings. The number of methoxy groups -OCH3 is 1. The smallest absolute Gasteiger partial charge is 0.194 e. The quantitative estimate of drug-likeness (QED) is 0.530. The first-order valence-corrected chi connectivity index (χ1v) is 12.1. The lowest BCUT2D eigenvalue weighted by Gasteiger charge is -2.34. The zero-order valence-electron chi connectivity index (χ0n) is 19.8. The van der Waals surface area contributed by atoms with E-state index >= 15 is 0 Å². The van der Waals surface area contributed by atoms with Crippen LogP contribution in [0.4, 0.5) is 0 Å². The van der Waals surface area contributed by atoms with E-state index in [4.69, 9.17) is 9.73 Å². The predicted octanol–water partition coefficient (Wildman–Crippen LogP) is 3.41. The summed E-state index contributed by atoms with van der Waals surface area (Å²) in [5, 5.41) is 7.91. The highest BCUT2D eigenvalue weighted by molar-refractivity contribution is 5.80. The van der Waals surface area contributed by atoms with Crippen LogP contribution in [0.25, 0.3) is 0 Å². The highest BCUT2D eigenvalue weighted by Gasteiger charge is 2.28. The monoisotopic (exact) mass is 438 g/mol. The molecule has 174 valence electrons. The molecule has 2 aromatic rings. The zero-order chi connectivity index (χ0) is 22.3. The van der Waals surface area contributed by atoms with Gasteiger partial charge < -0.3 is 15.0 Å². The fourth-order valence-corrected chi connectivity index (χ4v) is 4.96. The highest BCUT2D eigenvalue weighted by atomic mass is 16.5. The number of nitrogens with one attached hydrogen (secondary N) is 1. The Bertz CT molecular complexity index is 871. The molecule has 2 saturated heterocycles. The van der Waals surface area contributed by atoms with Crippen molar-refractivity contribution in [2.24, 2.45) is 12.0 Å². The minimum absolute atomic E-state index is 0.298. The molecule has 0 amide bonds. The summed E-state index contributed by atoms with van der Waals surface area (Å²) < 4.78 is 7.27. The van der Waals surface area contributed by atoms with Crippen LogP contribution in [0.5, 0.6) is 5.75 Å². The number of rotatable bonds is 7. The lowest BCUT2D eigenvalue weighted by atomic mass is 10.0. The van der Waals surface area contributed by atoms with Crippen molar-refractivity contribution in [2.45, 2.75) is 44.6 Å². The van der Waals surface area contributed by atoms with E-state index in [0.717, 1.165) is 57.4 Å². The van der Waals surface area contributed by atoms with Crippen LogP contribution < -0.4 is 10.1 Å². The third kappa shape index (κ3) is 5.44. The topological polar surface area (TPSA) is 57.9 Å². The van der Waals surface area contributed by atoms with Gasteiger partial charge in [-0.1, -0.05) is 18.6 Å². The summed E-state index contributed by atoms with van der Waals surface area (Å²) in [4.78, 5) is 10.2. The van der Waals surface area contributed by atoms with Gasteiger partial charge in [0.05, 0.1) is 25.9 Å². The van der Waals surface area contributed by atoms with Crippen LogP contribution in [0, 0.1) is 0 Å². The second-order valence-electron chi connectivity index (χ2n) is 8.96. The van der Waals surface area contributed by atoms with Crippen LogP contribution in [0.15, 0.2) is 41.7 Å². The van der Waals surface area contributed by atoms with Crippen LogP contribution in [0.2, 0.25) is 0 Å². The summed E-state index contributed by atoms with van der Waals surface area (Å²) in [5.74, 6) is 2.46. The summed E-state index contributed by atoms with van der Waals surface area (Å²) in [6.45, 7) is 8.12. The van der Waals surface area contributed by atoms with Crippen LogP contribution in [0.3, 0.4) is 0 Å². The Labute approximate surface area is 192 Å². The van der Waals surface area contributed by atoms with Gasteiger partial charge in [-0.25, -0.2) is 0 Å². The summed E-state index contributed by atoms with van der Waals surface area (Å²) in [6, 6.07) is 8.84. The largest absolute Gasteiger partial charge is 0.497 e. The first-order valence-electron chi connectivity index (χ1n) is 12.1. The molecular weight excluding hydrogens is 400 g/mol. The Kier molecular flexibility index (Phi) is 7.68. The van der Waals surface area contributed by atoms with Crippen molar-refractivity contribution in [1.82, 2.24) is 24.9 Å². The van der Waals surface area contributed by atoms with Crippen molar-refractivity contribution in [3.8, 4) is 5.75 Å². The second kappa shape index (κ2) is 10.9. The number of aliphatic imine (C=N–C) groups is 1. The van der Waals surface area contributed by atoms with Crippen molar-refractivity contribution < 1.29 is 4.74 Å². The van der Waals surface area contributed by atoms with Gasteiger partial charge in [0.25, 0.3) is 0 Å².